The molecular weight excluding hydrogens is 260 g/mol. The summed E-state index contributed by atoms with van der Waals surface area (Å²) in [6, 6.07) is 15.4. The van der Waals surface area contributed by atoms with E-state index in [1.807, 2.05) is 43.3 Å². The van der Waals surface area contributed by atoms with Crippen LogP contribution in [0.1, 0.15) is 42.3 Å². The third-order valence-electron chi connectivity index (χ3n) is 3.40. The molecule has 0 saturated heterocycles. The van der Waals surface area contributed by atoms with Gasteiger partial charge >= 0.3 is 0 Å². The van der Waals surface area contributed by atoms with Gasteiger partial charge in [-0.2, -0.15) is 0 Å². The van der Waals surface area contributed by atoms with E-state index in [0.717, 1.165) is 16.9 Å². The zero-order valence-corrected chi connectivity index (χ0v) is 13.1. The summed E-state index contributed by atoms with van der Waals surface area (Å²) in [6.45, 7) is 8.52. The molecule has 2 aromatic carbocycles. The highest BCUT2D eigenvalue weighted by atomic mass is 16.5. The number of carbonyl (C=O) groups is 1. The monoisotopic (exact) mass is 282 g/mol. The van der Waals surface area contributed by atoms with Crippen molar-refractivity contribution in [1.29, 1.82) is 0 Å². The Labute approximate surface area is 126 Å². The zero-order valence-electron chi connectivity index (χ0n) is 13.1. The van der Waals surface area contributed by atoms with Crippen LogP contribution >= 0.6 is 0 Å². The number of aryl methyl sites for hydroxylation is 1. The number of ketones is 1. The van der Waals surface area contributed by atoms with E-state index in [1.165, 1.54) is 0 Å². The second-order valence-electron chi connectivity index (χ2n) is 6.33. The predicted octanol–water partition coefficient (Wildman–Crippen LogP) is 4.55. The lowest BCUT2D eigenvalue weighted by molar-refractivity contribution is 0.0920. The second kappa shape index (κ2) is 6.13. The fourth-order valence-corrected chi connectivity index (χ4v) is 2.22. The summed E-state index contributed by atoms with van der Waals surface area (Å²) in [5, 5.41) is 0. The van der Waals surface area contributed by atoms with Crippen molar-refractivity contribution < 1.29 is 9.53 Å². The van der Waals surface area contributed by atoms with Crippen molar-refractivity contribution in [3.8, 4) is 5.75 Å². The molecule has 0 radical (unpaired) electrons. The van der Waals surface area contributed by atoms with E-state index in [2.05, 4.69) is 32.9 Å². The molecule has 0 aromatic heterocycles. The van der Waals surface area contributed by atoms with Gasteiger partial charge in [-0.15, -0.1) is 0 Å². The molecule has 110 valence electrons. The van der Waals surface area contributed by atoms with E-state index in [-0.39, 0.29) is 17.8 Å². The largest absolute Gasteiger partial charge is 0.485 e. The molecule has 0 amide bonds. The molecule has 0 aliphatic carbocycles. The van der Waals surface area contributed by atoms with Crippen LogP contribution in [-0.4, -0.2) is 12.4 Å². The molecule has 0 aliphatic heterocycles. The summed E-state index contributed by atoms with van der Waals surface area (Å²) in [6.07, 6.45) is 0. The maximum atomic E-state index is 12.1. The first kappa shape index (κ1) is 15.3. The molecule has 0 saturated carbocycles. The van der Waals surface area contributed by atoms with Crippen molar-refractivity contribution in [2.45, 2.75) is 33.1 Å². The molecule has 2 rings (SSSR count). The minimum absolute atomic E-state index is 0.00281. The van der Waals surface area contributed by atoms with E-state index >= 15 is 0 Å². The molecule has 0 heterocycles. The highest BCUT2D eigenvalue weighted by Gasteiger charge is 2.19. The van der Waals surface area contributed by atoms with Crippen LogP contribution in [0.4, 0.5) is 0 Å². The maximum Gasteiger partial charge on any atom is 0.200 e. The van der Waals surface area contributed by atoms with E-state index in [0.29, 0.717) is 5.56 Å². The Morgan fingerprint density at radius 2 is 1.71 bits per heavy atom. The van der Waals surface area contributed by atoms with E-state index < -0.39 is 0 Å². The first-order valence-electron chi connectivity index (χ1n) is 7.20. The second-order valence-corrected chi connectivity index (χ2v) is 6.33. The minimum Gasteiger partial charge on any atom is -0.485 e. The van der Waals surface area contributed by atoms with Gasteiger partial charge < -0.3 is 4.74 Å². The van der Waals surface area contributed by atoms with Gasteiger partial charge in [0.15, 0.2) is 12.4 Å². The lowest BCUT2D eigenvalue weighted by Crippen LogP contribution is -2.17. The third kappa shape index (κ3) is 3.94. The molecule has 21 heavy (non-hydrogen) atoms. The molecule has 0 N–H and O–H groups in total. The van der Waals surface area contributed by atoms with Gasteiger partial charge in [-0.25, -0.2) is 0 Å². The molecule has 0 aliphatic rings. The molecule has 0 unspecified atom stereocenters. The van der Waals surface area contributed by atoms with E-state index in [1.54, 1.807) is 0 Å². The average molecular weight is 282 g/mol. The summed E-state index contributed by atoms with van der Waals surface area (Å²) < 4.78 is 5.81. The summed E-state index contributed by atoms with van der Waals surface area (Å²) in [5.41, 5.74) is 2.92. The molecule has 2 aromatic rings. The molecule has 0 atom stereocenters. The number of Topliss-reactive ketones (excluding diaryl/α,β-unsaturated/α-hetero) is 1. The quantitative estimate of drug-likeness (QED) is 0.769. The Kier molecular flexibility index (Phi) is 4.46. The maximum absolute atomic E-state index is 12.1. The first-order valence-corrected chi connectivity index (χ1v) is 7.20. The van der Waals surface area contributed by atoms with Crippen LogP contribution in [0.25, 0.3) is 0 Å². The van der Waals surface area contributed by atoms with Crippen LogP contribution in [0.15, 0.2) is 48.5 Å². The molecule has 0 spiro atoms. The van der Waals surface area contributed by atoms with Gasteiger partial charge in [0, 0.05) is 5.56 Å². The predicted molar refractivity (Wildman–Crippen MR) is 86.1 cm³/mol. The number of carbonyl (C=O) groups excluding carboxylic acids is 1. The number of hydrogen-bond acceptors (Lipinski definition) is 2. The molecule has 2 nitrogen and oxygen atoms in total. The van der Waals surface area contributed by atoms with Gasteiger partial charge in [0.2, 0.25) is 0 Å². The van der Waals surface area contributed by atoms with Crippen LogP contribution < -0.4 is 4.74 Å². The molecule has 0 fully saturated rings. The number of benzene rings is 2. The minimum atomic E-state index is -0.0151. The molecule has 2 heteroatoms. The van der Waals surface area contributed by atoms with E-state index in [4.69, 9.17) is 4.74 Å². The van der Waals surface area contributed by atoms with Crippen LogP contribution in [0.2, 0.25) is 0 Å². The van der Waals surface area contributed by atoms with Gasteiger partial charge in [0.05, 0.1) is 0 Å². The highest BCUT2D eigenvalue weighted by Crippen LogP contribution is 2.32. The van der Waals surface area contributed by atoms with Crippen molar-refractivity contribution in [2.75, 3.05) is 6.61 Å². The van der Waals surface area contributed by atoms with Crippen molar-refractivity contribution in [3.63, 3.8) is 0 Å². The summed E-state index contributed by atoms with van der Waals surface area (Å²) in [4.78, 5) is 12.1. The van der Waals surface area contributed by atoms with Gasteiger partial charge in [-0.3, -0.25) is 4.79 Å². The lowest BCUT2D eigenvalue weighted by atomic mass is 9.86. The molecule has 0 bridgehead atoms. The van der Waals surface area contributed by atoms with Gasteiger partial charge in [-0.1, -0.05) is 63.2 Å². The van der Waals surface area contributed by atoms with Crippen molar-refractivity contribution in [3.05, 3.63) is 65.2 Å². The Bertz CT molecular complexity index is 622. The fraction of sp³-hybridized carbons (Fsp3) is 0.316. The molecular formula is C19H22O2. The van der Waals surface area contributed by atoms with Gasteiger partial charge in [0.1, 0.15) is 5.75 Å². The Hall–Kier alpha value is -2.09. The first-order chi connectivity index (χ1) is 9.88. The number of rotatable bonds is 4. The van der Waals surface area contributed by atoms with Gasteiger partial charge in [-0.05, 0) is 29.5 Å². The zero-order chi connectivity index (χ0) is 15.5. The number of ether oxygens (including phenoxy) is 1. The topological polar surface area (TPSA) is 26.3 Å². The normalized spacial score (nSPS) is 11.2. The van der Waals surface area contributed by atoms with Crippen molar-refractivity contribution >= 4 is 5.78 Å². The third-order valence-corrected chi connectivity index (χ3v) is 3.40. The lowest BCUT2D eigenvalue weighted by Gasteiger charge is -2.23. The standard InChI is InChI=1S/C19H22O2/c1-14-10-11-16(19(2,3)4)18(12-14)21-13-17(20)15-8-6-5-7-9-15/h5-12H,13H2,1-4H3. The van der Waals surface area contributed by atoms with Crippen LogP contribution in [0.3, 0.4) is 0 Å². The average Bonchev–Trinajstić information content (AvgIpc) is 2.44. The summed E-state index contributed by atoms with van der Waals surface area (Å²) in [7, 11) is 0. The smallest absolute Gasteiger partial charge is 0.200 e. The SMILES string of the molecule is Cc1ccc(C(C)(C)C)c(OCC(=O)c2ccccc2)c1. The van der Waals surface area contributed by atoms with Crippen LogP contribution in [-0.2, 0) is 5.41 Å². The van der Waals surface area contributed by atoms with Crippen molar-refractivity contribution in [1.82, 2.24) is 0 Å². The summed E-state index contributed by atoms with van der Waals surface area (Å²) >= 11 is 0. The van der Waals surface area contributed by atoms with Crippen LogP contribution in [0.5, 0.6) is 5.75 Å². The summed E-state index contributed by atoms with van der Waals surface area (Å²) in [5.74, 6) is 0.795. The Balaban J connectivity index is 2.17. The fourth-order valence-electron chi connectivity index (χ4n) is 2.22. The van der Waals surface area contributed by atoms with Crippen LogP contribution in [0, 0.1) is 6.92 Å². The van der Waals surface area contributed by atoms with Gasteiger partial charge in [0.25, 0.3) is 0 Å². The highest BCUT2D eigenvalue weighted by molar-refractivity contribution is 5.97. The van der Waals surface area contributed by atoms with Crippen molar-refractivity contribution in [2.24, 2.45) is 0 Å². The van der Waals surface area contributed by atoms with E-state index in [9.17, 15) is 4.79 Å². The Morgan fingerprint density at radius 3 is 2.33 bits per heavy atom. The Morgan fingerprint density at radius 1 is 1.05 bits per heavy atom. The number of hydrogen-bond donors (Lipinski definition) is 0.